The zero-order valence-electron chi connectivity index (χ0n) is 17.6. The summed E-state index contributed by atoms with van der Waals surface area (Å²) in [4.78, 5) is 2.35. The maximum absolute atomic E-state index is 6.41. The molecule has 0 N–H and O–H groups in total. The molecule has 1 atom stereocenters. The number of hydrogen-bond donors (Lipinski definition) is 0. The normalized spacial score (nSPS) is 11.1. The molecule has 0 saturated carbocycles. The van der Waals surface area contributed by atoms with Crippen LogP contribution in [0.15, 0.2) is 84.9 Å². The maximum atomic E-state index is 6.41. The van der Waals surface area contributed by atoms with Crippen LogP contribution in [0.2, 0.25) is 0 Å². The van der Waals surface area contributed by atoms with Crippen molar-refractivity contribution in [1.82, 2.24) is 4.90 Å². The number of para-hydroxylation sites is 1. The van der Waals surface area contributed by atoms with Gasteiger partial charge in [-0.15, -0.1) is 0 Å². The first-order valence-electron chi connectivity index (χ1n) is 10.2. The summed E-state index contributed by atoms with van der Waals surface area (Å²) in [5.41, 5.74) is 3.74. The molecule has 2 nitrogen and oxygen atoms in total. The van der Waals surface area contributed by atoms with Crippen molar-refractivity contribution in [2.24, 2.45) is 0 Å². The number of benzene rings is 3. The first-order valence-corrected chi connectivity index (χ1v) is 10.2. The fraction of sp³-hybridized carbons (Fsp3) is 0.333. The van der Waals surface area contributed by atoms with Gasteiger partial charge in [0.2, 0.25) is 0 Å². The first kappa shape index (κ1) is 24.5. The molecule has 29 heavy (non-hydrogen) atoms. The Kier molecular flexibility index (Phi) is 11.4. The summed E-state index contributed by atoms with van der Waals surface area (Å²) in [7, 11) is 2.17. The monoisotopic (exact) mass is 391 g/mol. The summed E-state index contributed by atoms with van der Waals surface area (Å²) in [5, 5.41) is 0. The molecule has 0 radical (unpaired) electrons. The second-order valence-corrected chi connectivity index (χ2v) is 6.79. The van der Waals surface area contributed by atoms with Gasteiger partial charge in [-0.3, -0.25) is 0 Å². The van der Waals surface area contributed by atoms with E-state index < -0.39 is 0 Å². The van der Waals surface area contributed by atoms with Crippen LogP contribution in [-0.4, -0.2) is 18.5 Å². The van der Waals surface area contributed by atoms with E-state index >= 15 is 0 Å². The van der Waals surface area contributed by atoms with Crippen molar-refractivity contribution in [2.75, 3.05) is 13.6 Å². The van der Waals surface area contributed by atoms with E-state index in [1.807, 2.05) is 26.0 Å². The van der Waals surface area contributed by atoms with E-state index in [-0.39, 0.29) is 13.5 Å². The Bertz CT molecular complexity index is 786. The molecule has 3 aromatic carbocycles. The van der Waals surface area contributed by atoms with Gasteiger partial charge in [-0.2, -0.15) is 0 Å². The Labute approximate surface area is 178 Å². The number of rotatable bonds is 8. The van der Waals surface area contributed by atoms with Crippen LogP contribution in [0.25, 0.3) is 0 Å². The van der Waals surface area contributed by atoms with Crippen molar-refractivity contribution in [3.05, 3.63) is 102 Å². The standard InChI is InChI=1S/C24H27NO.C2H6.CH4/c1-20-11-9-10-16-23(20)26-24(22-14-7-4-8-15-22)17-18-25(2)19-21-12-5-3-6-13-21;1-2;/h3-16,24H,17-19H2,1-2H3;1-2H3;1H4. The molecule has 3 aromatic rings. The third kappa shape index (κ3) is 8.13. The topological polar surface area (TPSA) is 12.5 Å². The lowest BCUT2D eigenvalue weighted by atomic mass is 10.1. The molecule has 0 aromatic heterocycles. The van der Waals surface area contributed by atoms with Gasteiger partial charge in [0.1, 0.15) is 11.9 Å². The Morgan fingerprint density at radius 3 is 1.97 bits per heavy atom. The van der Waals surface area contributed by atoms with E-state index in [9.17, 15) is 0 Å². The molecule has 0 heterocycles. The van der Waals surface area contributed by atoms with Crippen LogP contribution in [0.3, 0.4) is 0 Å². The quantitative estimate of drug-likeness (QED) is 0.399. The Morgan fingerprint density at radius 1 is 0.793 bits per heavy atom. The van der Waals surface area contributed by atoms with Crippen LogP contribution in [0.5, 0.6) is 5.75 Å². The predicted molar refractivity (Wildman–Crippen MR) is 126 cm³/mol. The third-order valence-corrected chi connectivity index (χ3v) is 4.60. The molecule has 0 saturated heterocycles. The SMILES string of the molecule is C.CC.Cc1ccccc1OC(CCN(C)Cc1ccccc1)c1ccccc1. The maximum Gasteiger partial charge on any atom is 0.125 e. The summed E-state index contributed by atoms with van der Waals surface area (Å²) in [5.74, 6) is 0.965. The first-order chi connectivity index (χ1) is 13.7. The summed E-state index contributed by atoms with van der Waals surface area (Å²) in [6.45, 7) is 8.02. The number of nitrogens with zero attached hydrogens (tertiary/aromatic N) is 1. The Balaban J connectivity index is 0.00000136. The summed E-state index contributed by atoms with van der Waals surface area (Å²) in [6, 6.07) is 29.4. The average molecular weight is 392 g/mol. The van der Waals surface area contributed by atoms with E-state index in [0.717, 1.165) is 25.3 Å². The minimum Gasteiger partial charge on any atom is -0.485 e. The van der Waals surface area contributed by atoms with Gasteiger partial charge in [-0.25, -0.2) is 0 Å². The van der Waals surface area contributed by atoms with E-state index in [1.165, 1.54) is 16.7 Å². The fourth-order valence-electron chi connectivity index (χ4n) is 3.12. The van der Waals surface area contributed by atoms with Crippen LogP contribution in [0.4, 0.5) is 0 Å². The Hall–Kier alpha value is -2.58. The second kappa shape index (κ2) is 13.6. The van der Waals surface area contributed by atoms with Gasteiger partial charge in [0.05, 0.1) is 0 Å². The average Bonchev–Trinajstić information content (AvgIpc) is 2.75. The van der Waals surface area contributed by atoms with Gasteiger partial charge in [-0.05, 0) is 36.7 Å². The van der Waals surface area contributed by atoms with Crippen molar-refractivity contribution in [3.63, 3.8) is 0 Å². The minimum atomic E-state index is 0. The molecule has 3 rings (SSSR count). The molecule has 0 aliphatic heterocycles. The highest BCUT2D eigenvalue weighted by Gasteiger charge is 2.15. The largest absolute Gasteiger partial charge is 0.485 e. The molecule has 2 heteroatoms. The van der Waals surface area contributed by atoms with Gasteiger partial charge < -0.3 is 9.64 Å². The zero-order valence-corrected chi connectivity index (χ0v) is 17.6. The van der Waals surface area contributed by atoms with Crippen LogP contribution in [0.1, 0.15) is 50.5 Å². The highest BCUT2D eigenvalue weighted by Crippen LogP contribution is 2.27. The fourth-order valence-corrected chi connectivity index (χ4v) is 3.12. The summed E-state index contributed by atoms with van der Waals surface area (Å²) in [6.07, 6.45) is 0.998. The molecule has 0 fully saturated rings. The van der Waals surface area contributed by atoms with Gasteiger partial charge in [0.25, 0.3) is 0 Å². The van der Waals surface area contributed by atoms with Gasteiger partial charge in [0, 0.05) is 19.5 Å². The zero-order chi connectivity index (χ0) is 20.2. The number of hydrogen-bond acceptors (Lipinski definition) is 2. The molecular formula is C27H37NO. The molecule has 0 aliphatic rings. The molecule has 1 unspecified atom stereocenters. The van der Waals surface area contributed by atoms with Crippen LogP contribution < -0.4 is 4.74 Å². The lowest BCUT2D eigenvalue weighted by Crippen LogP contribution is -2.22. The lowest BCUT2D eigenvalue weighted by molar-refractivity contribution is 0.170. The van der Waals surface area contributed by atoms with Crippen molar-refractivity contribution in [2.45, 2.75) is 47.3 Å². The second-order valence-electron chi connectivity index (χ2n) is 6.79. The van der Waals surface area contributed by atoms with E-state index in [1.54, 1.807) is 0 Å². The van der Waals surface area contributed by atoms with Crippen LogP contribution >= 0.6 is 0 Å². The van der Waals surface area contributed by atoms with Crippen LogP contribution in [0, 0.1) is 6.92 Å². The highest BCUT2D eigenvalue weighted by molar-refractivity contribution is 5.33. The molecule has 0 spiro atoms. The van der Waals surface area contributed by atoms with Gasteiger partial charge in [-0.1, -0.05) is 100 Å². The predicted octanol–water partition coefficient (Wildman–Crippen LogP) is 7.30. The molecular weight excluding hydrogens is 354 g/mol. The molecule has 0 aliphatic carbocycles. The molecule has 0 amide bonds. The van der Waals surface area contributed by atoms with Crippen molar-refractivity contribution in [1.29, 1.82) is 0 Å². The van der Waals surface area contributed by atoms with Crippen molar-refractivity contribution < 1.29 is 4.74 Å². The van der Waals surface area contributed by atoms with Crippen molar-refractivity contribution in [3.8, 4) is 5.75 Å². The van der Waals surface area contributed by atoms with Gasteiger partial charge >= 0.3 is 0 Å². The summed E-state index contributed by atoms with van der Waals surface area (Å²) >= 11 is 0. The number of aryl methyl sites for hydroxylation is 1. The smallest absolute Gasteiger partial charge is 0.125 e. The van der Waals surface area contributed by atoms with E-state index in [4.69, 9.17) is 4.74 Å². The number of ether oxygens (including phenoxy) is 1. The summed E-state index contributed by atoms with van der Waals surface area (Å²) < 4.78 is 6.41. The van der Waals surface area contributed by atoms with Crippen molar-refractivity contribution >= 4 is 0 Å². The lowest BCUT2D eigenvalue weighted by Gasteiger charge is -2.24. The van der Waals surface area contributed by atoms with Crippen LogP contribution in [-0.2, 0) is 6.54 Å². The highest BCUT2D eigenvalue weighted by atomic mass is 16.5. The molecule has 156 valence electrons. The molecule has 0 bridgehead atoms. The van der Waals surface area contributed by atoms with E-state index in [2.05, 4.69) is 91.7 Å². The third-order valence-electron chi connectivity index (χ3n) is 4.60. The minimum absolute atomic E-state index is 0. The van der Waals surface area contributed by atoms with Gasteiger partial charge in [0.15, 0.2) is 0 Å². The van der Waals surface area contributed by atoms with E-state index in [0.29, 0.717) is 0 Å². The Morgan fingerprint density at radius 2 is 1.34 bits per heavy atom.